The van der Waals surface area contributed by atoms with E-state index < -0.39 is 11.7 Å². The summed E-state index contributed by atoms with van der Waals surface area (Å²) in [7, 11) is 0. The number of benzene rings is 2. The third kappa shape index (κ3) is 6.41. The second-order valence-corrected chi connectivity index (χ2v) is 6.84. The van der Waals surface area contributed by atoms with E-state index in [1.807, 2.05) is 0 Å². The van der Waals surface area contributed by atoms with E-state index in [1.165, 1.54) is 17.1 Å². The molecule has 0 unspecified atom stereocenters. The minimum absolute atomic E-state index is 0.00807. The van der Waals surface area contributed by atoms with E-state index in [-0.39, 0.29) is 5.69 Å². The third-order valence-electron chi connectivity index (χ3n) is 3.75. The van der Waals surface area contributed by atoms with E-state index in [0.29, 0.717) is 11.4 Å². The monoisotopic (exact) mass is 396 g/mol. The minimum Gasteiger partial charge on any atom is -0.401 e. The maximum absolute atomic E-state index is 13.1. The van der Waals surface area contributed by atoms with Crippen molar-refractivity contribution in [2.45, 2.75) is 37.3 Å². The van der Waals surface area contributed by atoms with Crippen LogP contribution in [0.3, 0.4) is 0 Å². The van der Waals surface area contributed by atoms with Crippen molar-refractivity contribution in [1.82, 2.24) is 0 Å². The molecule has 0 saturated carbocycles. The summed E-state index contributed by atoms with van der Waals surface area (Å²) in [6.07, 6.45) is 0.0199. The van der Waals surface area contributed by atoms with Crippen LogP contribution in [0.2, 0.25) is 0 Å². The van der Waals surface area contributed by atoms with Gasteiger partial charge in [0, 0.05) is 16.8 Å². The SMILES string of the molecule is CCCC/C(N)=C/N(N)c1cccc(SNc2ccccc2C(F)(F)F)c1. The molecule has 0 amide bonds. The lowest BCUT2D eigenvalue weighted by molar-refractivity contribution is -0.136. The molecule has 146 valence electrons. The fourth-order valence-electron chi connectivity index (χ4n) is 2.34. The Balaban J connectivity index is 2.09. The van der Waals surface area contributed by atoms with Crippen molar-refractivity contribution in [1.29, 1.82) is 0 Å². The Morgan fingerprint density at radius 3 is 2.63 bits per heavy atom. The van der Waals surface area contributed by atoms with Crippen LogP contribution in [0.4, 0.5) is 24.5 Å². The number of nitrogens with two attached hydrogens (primary N) is 2. The van der Waals surface area contributed by atoms with Crippen molar-refractivity contribution in [2.24, 2.45) is 11.6 Å². The van der Waals surface area contributed by atoms with Gasteiger partial charge in [-0.15, -0.1) is 0 Å². The number of hydrazine groups is 1. The van der Waals surface area contributed by atoms with Crippen LogP contribution in [0.15, 0.2) is 65.3 Å². The van der Waals surface area contributed by atoms with Gasteiger partial charge in [0.05, 0.1) is 16.9 Å². The van der Waals surface area contributed by atoms with Gasteiger partial charge in [0.2, 0.25) is 0 Å². The normalized spacial score (nSPS) is 12.1. The van der Waals surface area contributed by atoms with Gasteiger partial charge in [0.25, 0.3) is 0 Å². The molecule has 4 nitrogen and oxygen atoms in total. The Labute approximate surface area is 161 Å². The van der Waals surface area contributed by atoms with Gasteiger partial charge in [-0.25, -0.2) is 5.84 Å². The molecule has 0 aromatic heterocycles. The fraction of sp³-hybridized carbons (Fsp3) is 0.263. The number of alkyl halides is 3. The molecule has 0 spiro atoms. The molecular weight excluding hydrogens is 373 g/mol. The summed E-state index contributed by atoms with van der Waals surface area (Å²) in [5.74, 6) is 6.02. The molecule has 27 heavy (non-hydrogen) atoms. The minimum atomic E-state index is -4.42. The number of anilines is 2. The smallest absolute Gasteiger partial charge is 0.401 e. The van der Waals surface area contributed by atoms with Gasteiger partial charge in [-0.1, -0.05) is 31.5 Å². The number of hydrogen-bond acceptors (Lipinski definition) is 5. The van der Waals surface area contributed by atoms with Crippen LogP contribution in [-0.4, -0.2) is 0 Å². The Kier molecular flexibility index (Phi) is 7.44. The Morgan fingerprint density at radius 1 is 1.19 bits per heavy atom. The average molecular weight is 396 g/mol. The highest BCUT2D eigenvalue weighted by molar-refractivity contribution is 8.00. The lowest BCUT2D eigenvalue weighted by Gasteiger charge is -2.17. The summed E-state index contributed by atoms with van der Waals surface area (Å²) >= 11 is 1.08. The number of para-hydroxylation sites is 1. The summed E-state index contributed by atoms with van der Waals surface area (Å²) in [6, 6.07) is 12.5. The number of nitrogens with zero attached hydrogens (tertiary/aromatic N) is 1. The van der Waals surface area contributed by atoms with Crippen LogP contribution in [0.25, 0.3) is 0 Å². The van der Waals surface area contributed by atoms with Crippen molar-refractivity contribution < 1.29 is 13.2 Å². The molecule has 2 aromatic carbocycles. The zero-order valence-corrected chi connectivity index (χ0v) is 15.8. The van der Waals surface area contributed by atoms with Gasteiger partial charge >= 0.3 is 6.18 Å². The standard InChI is InChI=1S/C19H23F3N4S/c1-2-3-7-14(23)13-26(24)15-8-6-9-16(12-15)27-25-18-11-5-4-10-17(18)19(20,21)22/h4-6,8-13,25H,2-3,7,23-24H2,1H3/b14-13-. The van der Waals surface area contributed by atoms with Gasteiger partial charge in [-0.2, -0.15) is 13.2 Å². The highest BCUT2D eigenvalue weighted by Crippen LogP contribution is 2.36. The zero-order chi connectivity index (χ0) is 19.9. The molecule has 8 heteroatoms. The van der Waals surface area contributed by atoms with E-state index in [9.17, 15) is 13.2 Å². The molecule has 2 aromatic rings. The topological polar surface area (TPSA) is 67.3 Å². The average Bonchev–Trinajstić information content (AvgIpc) is 2.64. The first kappa shape index (κ1) is 21.0. The van der Waals surface area contributed by atoms with Crippen molar-refractivity contribution in [3.05, 3.63) is 66.0 Å². The number of halogens is 3. The summed E-state index contributed by atoms with van der Waals surface area (Å²) in [4.78, 5) is 0.723. The van der Waals surface area contributed by atoms with Gasteiger partial charge in [0.15, 0.2) is 0 Å². The van der Waals surface area contributed by atoms with Gasteiger partial charge in [-0.05, 0) is 55.1 Å². The number of unbranched alkanes of at least 4 members (excludes halogenated alkanes) is 1. The highest BCUT2D eigenvalue weighted by Gasteiger charge is 2.33. The lowest BCUT2D eigenvalue weighted by atomic mass is 10.2. The van der Waals surface area contributed by atoms with E-state index in [2.05, 4.69) is 11.6 Å². The molecule has 0 heterocycles. The second kappa shape index (κ2) is 9.57. The maximum atomic E-state index is 13.1. The van der Waals surface area contributed by atoms with Crippen LogP contribution >= 0.6 is 11.9 Å². The quantitative estimate of drug-likeness (QED) is 0.313. The van der Waals surface area contributed by atoms with Gasteiger partial charge in [-0.3, -0.25) is 5.01 Å². The van der Waals surface area contributed by atoms with E-state index >= 15 is 0 Å². The Hall–Kier alpha value is -2.32. The third-order valence-corrected chi connectivity index (χ3v) is 4.56. The first-order valence-corrected chi connectivity index (χ1v) is 9.32. The lowest BCUT2D eigenvalue weighted by Crippen LogP contribution is -2.26. The summed E-state index contributed by atoms with van der Waals surface area (Å²) < 4.78 is 42.0. The number of nitrogens with one attached hydrogen (secondary N) is 1. The summed E-state index contributed by atoms with van der Waals surface area (Å²) in [5, 5.41) is 1.42. The zero-order valence-electron chi connectivity index (χ0n) is 15.0. The van der Waals surface area contributed by atoms with Crippen LogP contribution in [0, 0.1) is 0 Å². The van der Waals surface area contributed by atoms with Crippen LogP contribution in [0.5, 0.6) is 0 Å². The van der Waals surface area contributed by atoms with Crippen LogP contribution < -0.4 is 21.3 Å². The molecule has 2 rings (SSSR count). The number of allylic oxidation sites excluding steroid dienone is 1. The molecule has 0 aliphatic rings. The molecule has 0 bridgehead atoms. The van der Waals surface area contributed by atoms with Crippen LogP contribution in [0.1, 0.15) is 31.7 Å². The molecule has 0 atom stereocenters. The molecule has 0 saturated heterocycles. The highest BCUT2D eigenvalue weighted by atomic mass is 32.2. The number of rotatable bonds is 8. The number of hydrogen-bond donors (Lipinski definition) is 3. The largest absolute Gasteiger partial charge is 0.418 e. The van der Waals surface area contributed by atoms with Gasteiger partial charge < -0.3 is 10.5 Å². The second-order valence-electron chi connectivity index (χ2n) is 5.96. The molecule has 5 N–H and O–H groups in total. The van der Waals surface area contributed by atoms with E-state index in [4.69, 9.17) is 11.6 Å². The predicted molar refractivity (Wildman–Crippen MR) is 106 cm³/mol. The van der Waals surface area contributed by atoms with Crippen molar-refractivity contribution in [2.75, 3.05) is 9.73 Å². The van der Waals surface area contributed by atoms with E-state index in [0.717, 1.165) is 42.2 Å². The Bertz CT molecular complexity index is 778. The van der Waals surface area contributed by atoms with Gasteiger partial charge in [0.1, 0.15) is 0 Å². The predicted octanol–water partition coefficient (Wildman–Crippen LogP) is 5.50. The summed E-state index contributed by atoms with van der Waals surface area (Å²) in [6.45, 7) is 2.08. The molecule has 0 radical (unpaired) electrons. The first-order valence-electron chi connectivity index (χ1n) is 8.50. The molecule has 0 aliphatic heterocycles. The Morgan fingerprint density at radius 2 is 1.93 bits per heavy atom. The fourth-order valence-corrected chi connectivity index (χ4v) is 3.07. The van der Waals surface area contributed by atoms with Crippen molar-refractivity contribution in [3.8, 4) is 0 Å². The first-order chi connectivity index (χ1) is 12.8. The molecule has 0 aliphatic carbocycles. The summed E-state index contributed by atoms with van der Waals surface area (Å²) in [5.41, 5.74) is 6.61. The van der Waals surface area contributed by atoms with E-state index in [1.54, 1.807) is 36.5 Å². The van der Waals surface area contributed by atoms with Crippen molar-refractivity contribution in [3.63, 3.8) is 0 Å². The molecular formula is C19H23F3N4S. The van der Waals surface area contributed by atoms with Crippen molar-refractivity contribution >= 4 is 23.3 Å². The molecule has 0 fully saturated rings. The maximum Gasteiger partial charge on any atom is 0.418 e. The van der Waals surface area contributed by atoms with Crippen LogP contribution in [-0.2, 0) is 6.18 Å².